The first-order chi connectivity index (χ1) is 10.6. The predicted molar refractivity (Wildman–Crippen MR) is 83.3 cm³/mol. The molecule has 120 valence electrons. The molecule has 2 fully saturated rings. The average molecular weight is 305 g/mol. The molecular weight excluding hydrogens is 281 g/mol. The van der Waals surface area contributed by atoms with E-state index in [0.717, 1.165) is 44.9 Å². The molecule has 2 saturated carbocycles. The average Bonchev–Trinajstić information content (AvgIpc) is 2.97. The minimum absolute atomic E-state index is 0.145. The minimum atomic E-state index is -0.643. The second-order valence-electron chi connectivity index (χ2n) is 6.81. The van der Waals surface area contributed by atoms with Gasteiger partial charge in [-0.2, -0.15) is 0 Å². The molecule has 0 bridgehead atoms. The number of nitrogens with one attached hydrogen (secondary N) is 1. The summed E-state index contributed by atoms with van der Waals surface area (Å²) in [5.41, 5.74) is 1.24. The van der Waals surface area contributed by atoms with E-state index in [0.29, 0.717) is 18.0 Å². The number of hydrogen-bond donors (Lipinski definition) is 2. The van der Waals surface area contributed by atoms with Gasteiger partial charge in [-0.1, -0.05) is 12.1 Å². The molecule has 3 rings (SSSR count). The van der Waals surface area contributed by atoms with E-state index in [4.69, 9.17) is 5.11 Å². The van der Waals surface area contributed by atoms with Crippen molar-refractivity contribution in [2.45, 2.75) is 62.9 Å². The fraction of sp³-hybridized carbons (Fsp3) is 0.611. The summed E-state index contributed by atoms with van der Waals surface area (Å²) >= 11 is 0. The highest BCUT2D eigenvalue weighted by Crippen LogP contribution is 2.35. The molecule has 2 unspecified atom stereocenters. The molecule has 0 saturated heterocycles. The highest BCUT2D eigenvalue weighted by Gasteiger charge is 2.30. The van der Waals surface area contributed by atoms with Crippen molar-refractivity contribution in [3.8, 4) is 0 Å². The zero-order chi connectivity index (χ0) is 15.5. The first-order valence-electron chi connectivity index (χ1n) is 8.36. The van der Waals surface area contributed by atoms with Gasteiger partial charge in [-0.25, -0.2) is 4.39 Å². The van der Waals surface area contributed by atoms with E-state index in [1.165, 1.54) is 5.56 Å². The Bertz CT molecular complexity index is 508. The third-order valence-electron chi connectivity index (χ3n) is 5.32. The molecule has 1 aromatic rings. The first kappa shape index (κ1) is 15.5. The van der Waals surface area contributed by atoms with Crippen LogP contribution >= 0.6 is 0 Å². The topological polar surface area (TPSA) is 49.3 Å². The molecule has 0 spiro atoms. The van der Waals surface area contributed by atoms with Crippen LogP contribution in [0.4, 0.5) is 4.39 Å². The van der Waals surface area contributed by atoms with Crippen molar-refractivity contribution in [1.82, 2.24) is 5.32 Å². The van der Waals surface area contributed by atoms with Gasteiger partial charge in [0.2, 0.25) is 0 Å². The molecule has 2 aliphatic rings. The van der Waals surface area contributed by atoms with E-state index in [-0.39, 0.29) is 11.7 Å². The van der Waals surface area contributed by atoms with Crippen molar-refractivity contribution in [2.75, 3.05) is 0 Å². The fourth-order valence-electron chi connectivity index (χ4n) is 4.01. The van der Waals surface area contributed by atoms with Gasteiger partial charge in [0.1, 0.15) is 5.82 Å². The molecule has 0 heterocycles. The monoisotopic (exact) mass is 305 g/mol. The number of benzene rings is 1. The first-order valence-corrected chi connectivity index (χ1v) is 8.36. The number of aliphatic carboxylic acids is 1. The van der Waals surface area contributed by atoms with Crippen LogP contribution < -0.4 is 5.32 Å². The Kier molecular flexibility index (Phi) is 4.77. The molecule has 1 aromatic carbocycles. The van der Waals surface area contributed by atoms with Crippen molar-refractivity contribution in [2.24, 2.45) is 5.92 Å². The molecule has 22 heavy (non-hydrogen) atoms. The van der Waals surface area contributed by atoms with Gasteiger partial charge in [0.05, 0.1) is 5.92 Å². The van der Waals surface area contributed by atoms with E-state index >= 15 is 0 Å². The summed E-state index contributed by atoms with van der Waals surface area (Å²) in [5.74, 6) is -0.440. The lowest BCUT2D eigenvalue weighted by Crippen LogP contribution is -2.40. The SMILES string of the molecule is O=C(O)C1CCC(NC2CCC(c3ccc(F)cc3)C2)CC1. The smallest absolute Gasteiger partial charge is 0.306 e. The number of carbonyl (C=O) groups is 1. The van der Waals surface area contributed by atoms with Crippen LogP contribution in [0.25, 0.3) is 0 Å². The third-order valence-corrected chi connectivity index (χ3v) is 5.32. The lowest BCUT2D eigenvalue weighted by atomic mass is 9.85. The summed E-state index contributed by atoms with van der Waals surface area (Å²) in [6.45, 7) is 0. The molecule has 3 nitrogen and oxygen atoms in total. The van der Waals surface area contributed by atoms with E-state index in [1.54, 1.807) is 12.1 Å². The molecule has 2 N–H and O–H groups in total. The Labute approximate surface area is 130 Å². The number of carboxylic acids is 1. The van der Waals surface area contributed by atoms with Crippen LogP contribution in [-0.4, -0.2) is 23.2 Å². The molecule has 4 heteroatoms. The summed E-state index contributed by atoms with van der Waals surface area (Å²) in [7, 11) is 0. The van der Waals surface area contributed by atoms with Gasteiger partial charge in [-0.15, -0.1) is 0 Å². The Morgan fingerprint density at radius 1 is 1.00 bits per heavy atom. The van der Waals surface area contributed by atoms with E-state index in [9.17, 15) is 9.18 Å². The molecule has 0 amide bonds. The summed E-state index contributed by atoms with van der Waals surface area (Å²) in [5, 5.41) is 12.8. The zero-order valence-electron chi connectivity index (χ0n) is 12.8. The largest absolute Gasteiger partial charge is 0.481 e. The zero-order valence-corrected chi connectivity index (χ0v) is 12.8. The number of carboxylic acid groups (broad SMARTS) is 1. The number of halogens is 1. The van der Waals surface area contributed by atoms with Crippen LogP contribution in [0.15, 0.2) is 24.3 Å². The molecule has 0 aromatic heterocycles. The Morgan fingerprint density at radius 2 is 1.64 bits per heavy atom. The molecular formula is C18H24FNO2. The van der Waals surface area contributed by atoms with Gasteiger partial charge in [0.25, 0.3) is 0 Å². The maximum atomic E-state index is 13.0. The maximum absolute atomic E-state index is 13.0. The van der Waals surface area contributed by atoms with Crippen molar-refractivity contribution < 1.29 is 14.3 Å². The van der Waals surface area contributed by atoms with E-state index < -0.39 is 5.97 Å². The highest BCUT2D eigenvalue weighted by atomic mass is 19.1. The van der Waals surface area contributed by atoms with Gasteiger partial charge in [-0.05, 0) is 68.6 Å². The van der Waals surface area contributed by atoms with E-state index in [2.05, 4.69) is 5.32 Å². The Morgan fingerprint density at radius 3 is 2.27 bits per heavy atom. The second-order valence-corrected chi connectivity index (χ2v) is 6.81. The third kappa shape index (κ3) is 3.67. The normalized spacial score (nSPS) is 32.0. The van der Waals surface area contributed by atoms with Crippen molar-refractivity contribution in [3.63, 3.8) is 0 Å². The van der Waals surface area contributed by atoms with Crippen molar-refractivity contribution >= 4 is 5.97 Å². The van der Waals surface area contributed by atoms with Crippen LogP contribution in [0.2, 0.25) is 0 Å². The molecule has 2 aliphatic carbocycles. The van der Waals surface area contributed by atoms with Crippen LogP contribution in [-0.2, 0) is 4.79 Å². The lowest BCUT2D eigenvalue weighted by Gasteiger charge is -2.29. The highest BCUT2D eigenvalue weighted by molar-refractivity contribution is 5.70. The molecule has 0 aliphatic heterocycles. The van der Waals surface area contributed by atoms with Gasteiger partial charge < -0.3 is 10.4 Å². The Hall–Kier alpha value is -1.42. The summed E-state index contributed by atoms with van der Waals surface area (Å²) < 4.78 is 13.0. The van der Waals surface area contributed by atoms with Crippen LogP contribution in [0.1, 0.15) is 56.4 Å². The van der Waals surface area contributed by atoms with Crippen molar-refractivity contribution in [1.29, 1.82) is 0 Å². The van der Waals surface area contributed by atoms with Gasteiger partial charge in [0.15, 0.2) is 0 Å². The summed E-state index contributed by atoms with van der Waals surface area (Å²) in [6, 6.07) is 7.88. The second kappa shape index (κ2) is 6.78. The van der Waals surface area contributed by atoms with Crippen LogP contribution in [0.5, 0.6) is 0 Å². The van der Waals surface area contributed by atoms with E-state index in [1.807, 2.05) is 12.1 Å². The maximum Gasteiger partial charge on any atom is 0.306 e. The van der Waals surface area contributed by atoms with Crippen LogP contribution in [0, 0.1) is 11.7 Å². The van der Waals surface area contributed by atoms with Crippen LogP contribution in [0.3, 0.4) is 0 Å². The summed E-state index contributed by atoms with van der Waals surface area (Å²) in [4.78, 5) is 11.0. The van der Waals surface area contributed by atoms with Crippen molar-refractivity contribution in [3.05, 3.63) is 35.6 Å². The standard InChI is InChI=1S/C18H24FNO2/c19-15-6-1-12(2-7-15)14-5-10-17(11-14)20-16-8-3-13(4-9-16)18(21)22/h1-2,6-7,13-14,16-17,20H,3-5,8-11H2,(H,21,22). The van der Waals surface area contributed by atoms with Gasteiger partial charge >= 0.3 is 5.97 Å². The van der Waals surface area contributed by atoms with Gasteiger partial charge in [-0.3, -0.25) is 4.79 Å². The van der Waals surface area contributed by atoms with Gasteiger partial charge in [0, 0.05) is 12.1 Å². The molecule has 2 atom stereocenters. The number of rotatable bonds is 4. The quantitative estimate of drug-likeness (QED) is 0.892. The Balaban J connectivity index is 1.47. The fourth-order valence-corrected chi connectivity index (χ4v) is 4.01. The number of hydrogen-bond acceptors (Lipinski definition) is 2. The summed E-state index contributed by atoms with van der Waals surface area (Å²) in [6.07, 6.45) is 6.92. The predicted octanol–water partition coefficient (Wildman–Crippen LogP) is 3.69. The lowest BCUT2D eigenvalue weighted by molar-refractivity contribution is -0.142. The minimum Gasteiger partial charge on any atom is -0.481 e. The molecule has 0 radical (unpaired) electrons.